The van der Waals surface area contributed by atoms with Crippen LogP contribution in [0.1, 0.15) is 75.6 Å². The fourth-order valence-corrected chi connectivity index (χ4v) is 5.93. The lowest BCUT2D eigenvalue weighted by Crippen LogP contribution is -2.41. The third-order valence-electron chi connectivity index (χ3n) is 8.45. The number of carbonyl (C=O) groups excluding carboxylic acids is 1. The molecule has 2 aliphatic rings. The first-order chi connectivity index (χ1) is 21.6. The minimum atomic E-state index is -4.66. The summed E-state index contributed by atoms with van der Waals surface area (Å²) >= 11 is 0. The molecule has 3 heterocycles. The maximum Gasteiger partial charge on any atom is 0.421 e. The highest BCUT2D eigenvalue weighted by molar-refractivity contribution is 5.70. The summed E-state index contributed by atoms with van der Waals surface area (Å²) in [7, 11) is 1.53. The molecule has 46 heavy (non-hydrogen) atoms. The van der Waals surface area contributed by atoms with Crippen molar-refractivity contribution >= 4 is 29.2 Å². The molecular formula is C34H41F3N6O3. The minimum Gasteiger partial charge on any atom is -0.495 e. The molecule has 0 spiro atoms. The zero-order valence-electron chi connectivity index (χ0n) is 27.1. The number of allylic oxidation sites excluding steroid dienone is 1. The van der Waals surface area contributed by atoms with Crippen molar-refractivity contribution in [2.24, 2.45) is 0 Å². The van der Waals surface area contributed by atoms with Crippen LogP contribution in [-0.2, 0) is 22.9 Å². The van der Waals surface area contributed by atoms with Crippen LogP contribution in [0.4, 0.5) is 41.1 Å². The average molecular weight is 639 g/mol. The van der Waals surface area contributed by atoms with E-state index in [0.717, 1.165) is 47.1 Å². The Morgan fingerprint density at radius 3 is 2.52 bits per heavy atom. The van der Waals surface area contributed by atoms with Crippen LogP contribution in [0.15, 0.2) is 54.9 Å². The van der Waals surface area contributed by atoms with E-state index in [2.05, 4.69) is 32.5 Å². The van der Waals surface area contributed by atoms with Crippen LogP contribution in [0.25, 0.3) is 0 Å². The summed E-state index contributed by atoms with van der Waals surface area (Å²) in [6.45, 7) is 15.0. The molecule has 3 aromatic rings. The number of anilines is 4. The van der Waals surface area contributed by atoms with E-state index in [1.165, 1.54) is 7.11 Å². The highest BCUT2D eigenvalue weighted by Crippen LogP contribution is 2.45. The zero-order valence-corrected chi connectivity index (χ0v) is 27.1. The van der Waals surface area contributed by atoms with E-state index >= 15 is 0 Å². The van der Waals surface area contributed by atoms with Gasteiger partial charge in [-0.15, -0.1) is 0 Å². The fourth-order valence-electron chi connectivity index (χ4n) is 5.93. The molecule has 1 amide bonds. The highest BCUT2D eigenvalue weighted by Gasteiger charge is 2.37. The van der Waals surface area contributed by atoms with Crippen molar-refractivity contribution in [3.8, 4) is 5.75 Å². The number of piperidine rings is 1. The topological polar surface area (TPSA) is 101 Å². The van der Waals surface area contributed by atoms with Crippen molar-refractivity contribution in [2.45, 2.75) is 77.1 Å². The monoisotopic (exact) mass is 638 g/mol. The number of fused-ring (bicyclic) bond motifs is 1. The van der Waals surface area contributed by atoms with E-state index in [9.17, 15) is 18.0 Å². The number of alkyl halides is 3. The number of rotatable bonds is 7. The fraction of sp³-hybridized carbons (Fsp3) is 0.441. The van der Waals surface area contributed by atoms with Gasteiger partial charge in [-0.25, -0.2) is 9.78 Å². The molecule has 1 aromatic heterocycles. The van der Waals surface area contributed by atoms with Crippen molar-refractivity contribution in [2.75, 3.05) is 36.1 Å². The van der Waals surface area contributed by atoms with Crippen molar-refractivity contribution in [3.63, 3.8) is 0 Å². The number of nitrogens with one attached hydrogen (secondary N) is 3. The van der Waals surface area contributed by atoms with Gasteiger partial charge in [0, 0.05) is 42.6 Å². The molecule has 5 rings (SSSR count). The molecule has 3 N–H and O–H groups in total. The largest absolute Gasteiger partial charge is 0.495 e. The second-order valence-electron chi connectivity index (χ2n) is 13.2. The van der Waals surface area contributed by atoms with E-state index in [0.29, 0.717) is 24.5 Å². The molecule has 0 atom stereocenters. The first-order valence-electron chi connectivity index (χ1n) is 15.3. The first-order valence-corrected chi connectivity index (χ1v) is 15.3. The third-order valence-corrected chi connectivity index (χ3v) is 8.45. The number of methoxy groups -OCH3 is 1. The van der Waals surface area contributed by atoms with Gasteiger partial charge in [0.1, 0.15) is 22.7 Å². The summed E-state index contributed by atoms with van der Waals surface area (Å²) in [5.41, 5.74) is 3.17. The molecule has 2 aromatic carbocycles. The van der Waals surface area contributed by atoms with Crippen LogP contribution >= 0.6 is 0 Å². The van der Waals surface area contributed by atoms with Crippen LogP contribution in [0, 0.1) is 0 Å². The maximum absolute atomic E-state index is 14.0. The Morgan fingerprint density at radius 1 is 1.15 bits per heavy atom. The van der Waals surface area contributed by atoms with Gasteiger partial charge in [-0.1, -0.05) is 38.6 Å². The molecule has 0 radical (unpaired) electrons. The molecule has 1 fully saturated rings. The van der Waals surface area contributed by atoms with Crippen molar-refractivity contribution in [1.82, 2.24) is 14.9 Å². The Morgan fingerprint density at radius 2 is 1.87 bits per heavy atom. The summed E-state index contributed by atoms with van der Waals surface area (Å²) in [6.07, 6.45) is -2.67. The van der Waals surface area contributed by atoms with Crippen LogP contribution in [0.5, 0.6) is 5.75 Å². The first kappa shape index (κ1) is 32.9. The predicted octanol–water partition coefficient (Wildman–Crippen LogP) is 8.19. The number of aromatic nitrogens is 2. The second kappa shape index (κ2) is 12.4. The van der Waals surface area contributed by atoms with Gasteiger partial charge < -0.3 is 30.3 Å². The van der Waals surface area contributed by atoms with Crippen molar-refractivity contribution in [1.29, 1.82) is 0 Å². The summed E-state index contributed by atoms with van der Waals surface area (Å²) in [4.78, 5) is 22.4. The van der Waals surface area contributed by atoms with Gasteiger partial charge >= 0.3 is 12.3 Å². The third kappa shape index (κ3) is 7.00. The van der Waals surface area contributed by atoms with Crippen LogP contribution < -0.4 is 20.7 Å². The number of carbonyl (C=O) groups is 1. The molecule has 9 nitrogen and oxygen atoms in total. The number of halogens is 3. The number of hydrogen-bond donors (Lipinski definition) is 3. The molecule has 0 unspecified atom stereocenters. The van der Waals surface area contributed by atoms with Crippen molar-refractivity contribution < 1.29 is 27.4 Å². The number of likely N-dealkylation sites (tertiary alicyclic amines) is 1. The molecule has 1 saturated heterocycles. The SMILES string of the molecule is C=C1Nc2cccc(CNc3nc(Nc4ccc(C5CCN(C(=O)OC(C)(C)C)CC5)cc4OC)ncc3C(F)(F)F)c2C1(C)C. The number of nitrogens with zero attached hydrogens (tertiary/aromatic N) is 3. The minimum absolute atomic E-state index is 0.0131. The molecule has 0 aliphatic carbocycles. The van der Waals surface area contributed by atoms with Gasteiger partial charge in [0.25, 0.3) is 0 Å². The Bertz CT molecular complexity index is 1630. The smallest absolute Gasteiger partial charge is 0.421 e. The lowest BCUT2D eigenvalue weighted by molar-refractivity contribution is -0.137. The number of hydrogen-bond acceptors (Lipinski definition) is 8. The molecular weight excluding hydrogens is 597 g/mol. The number of benzene rings is 2. The molecule has 0 bridgehead atoms. The quantitative estimate of drug-likeness (QED) is 0.238. The van der Waals surface area contributed by atoms with E-state index in [1.807, 2.05) is 65.0 Å². The van der Waals surface area contributed by atoms with E-state index < -0.39 is 22.8 Å². The lowest BCUT2D eigenvalue weighted by Gasteiger charge is -2.33. The summed E-state index contributed by atoms with van der Waals surface area (Å²) in [6, 6.07) is 11.3. The summed E-state index contributed by atoms with van der Waals surface area (Å²) in [5.74, 6) is 0.356. The zero-order chi connectivity index (χ0) is 33.4. The molecule has 12 heteroatoms. The van der Waals surface area contributed by atoms with Gasteiger partial charge in [0.15, 0.2) is 0 Å². The normalized spacial score (nSPS) is 16.5. The van der Waals surface area contributed by atoms with E-state index in [1.54, 1.807) is 11.0 Å². The Kier molecular flexibility index (Phi) is 8.85. The number of ether oxygens (including phenoxy) is 2. The average Bonchev–Trinajstić information content (AvgIpc) is 3.22. The Hall–Kier alpha value is -4.48. The Labute approximate surface area is 267 Å². The van der Waals surface area contributed by atoms with Crippen molar-refractivity contribution in [3.05, 3.63) is 77.1 Å². The van der Waals surface area contributed by atoms with Gasteiger partial charge in [-0.2, -0.15) is 18.2 Å². The van der Waals surface area contributed by atoms with Crippen LogP contribution in [-0.4, -0.2) is 46.8 Å². The molecule has 2 aliphatic heterocycles. The Balaban J connectivity index is 1.32. The van der Waals surface area contributed by atoms with Gasteiger partial charge in [0.05, 0.1) is 12.8 Å². The summed E-state index contributed by atoms with van der Waals surface area (Å²) < 4.78 is 53.1. The van der Waals surface area contributed by atoms with Gasteiger partial charge in [0.2, 0.25) is 5.95 Å². The van der Waals surface area contributed by atoms with E-state index in [-0.39, 0.29) is 30.3 Å². The lowest BCUT2D eigenvalue weighted by atomic mass is 9.81. The highest BCUT2D eigenvalue weighted by atomic mass is 19.4. The predicted molar refractivity (Wildman–Crippen MR) is 173 cm³/mol. The van der Waals surface area contributed by atoms with Crippen LogP contribution in [0.3, 0.4) is 0 Å². The van der Waals surface area contributed by atoms with Gasteiger partial charge in [-0.3, -0.25) is 0 Å². The summed E-state index contributed by atoms with van der Waals surface area (Å²) in [5, 5.41) is 9.22. The van der Waals surface area contributed by atoms with Crippen LogP contribution in [0.2, 0.25) is 0 Å². The van der Waals surface area contributed by atoms with Gasteiger partial charge in [-0.05, 0) is 74.4 Å². The maximum atomic E-state index is 14.0. The van der Waals surface area contributed by atoms with E-state index in [4.69, 9.17) is 9.47 Å². The second-order valence-corrected chi connectivity index (χ2v) is 13.2. The number of amides is 1. The molecule has 246 valence electrons. The molecule has 0 saturated carbocycles. The standard InChI is InChI=1S/C34H41F3N6O3/c1-20-33(5,6)28-23(9-8-10-26(28)40-20)18-38-29-24(34(35,36)37)19-39-30(42-29)41-25-12-11-22(17-27(25)45-7)21-13-15-43(16-14-21)31(44)46-32(2,3)4/h8-12,17,19,21,40H,1,13-16,18H2,2-7H3,(H2,38,39,41,42).